The first-order valence-electron chi connectivity index (χ1n) is 11.3. The molecule has 1 aliphatic rings. The van der Waals surface area contributed by atoms with Crippen LogP contribution in [0.15, 0.2) is 60.9 Å². The van der Waals surface area contributed by atoms with E-state index in [0.29, 0.717) is 11.8 Å². The van der Waals surface area contributed by atoms with Gasteiger partial charge in [-0.3, -0.25) is 4.98 Å². The van der Waals surface area contributed by atoms with Crippen molar-refractivity contribution in [3.8, 4) is 28.0 Å². The van der Waals surface area contributed by atoms with E-state index in [1.807, 2.05) is 36.7 Å². The summed E-state index contributed by atoms with van der Waals surface area (Å²) in [5, 5.41) is 5.50. The van der Waals surface area contributed by atoms with Crippen LogP contribution in [0.2, 0.25) is 5.02 Å². The number of ether oxygens (including phenoxy) is 1. The number of halogens is 1. The maximum absolute atomic E-state index is 6.33. The predicted molar refractivity (Wildman–Crippen MR) is 133 cm³/mol. The standard InChI is InChI=1S/C27H28ClN3O/c1-17(19-4-3-11-29-14-19)27-26(24-10-7-22(28)13-25(24)31-27)21-12-20(15-30-16-21)18-5-8-23(32-2)9-6-18/h5-10,12-13,15-17,19,29,31H,3-4,11,14H2,1-2H3. The normalized spacial score (nSPS) is 17.4. The number of fused-ring (bicyclic) bond motifs is 1. The zero-order valence-electron chi connectivity index (χ0n) is 18.5. The summed E-state index contributed by atoms with van der Waals surface area (Å²) >= 11 is 6.33. The van der Waals surface area contributed by atoms with E-state index in [4.69, 9.17) is 16.3 Å². The fourth-order valence-electron chi connectivity index (χ4n) is 4.90. The smallest absolute Gasteiger partial charge is 0.118 e. The molecule has 2 atom stereocenters. The first kappa shape index (κ1) is 21.0. The van der Waals surface area contributed by atoms with Gasteiger partial charge in [-0.15, -0.1) is 0 Å². The summed E-state index contributed by atoms with van der Waals surface area (Å²) in [5.41, 5.74) is 6.91. The monoisotopic (exact) mass is 445 g/mol. The number of hydrogen-bond acceptors (Lipinski definition) is 3. The Hall–Kier alpha value is -2.82. The Bertz CT molecular complexity index is 1230. The summed E-state index contributed by atoms with van der Waals surface area (Å²) in [6.45, 7) is 4.52. The second-order valence-electron chi connectivity index (χ2n) is 8.69. The van der Waals surface area contributed by atoms with Crippen molar-refractivity contribution >= 4 is 22.5 Å². The molecule has 0 saturated carbocycles. The highest BCUT2D eigenvalue weighted by molar-refractivity contribution is 6.31. The fraction of sp³-hybridized carbons (Fsp3) is 0.296. The molecule has 3 heterocycles. The van der Waals surface area contributed by atoms with Crippen molar-refractivity contribution in [1.29, 1.82) is 0 Å². The molecule has 32 heavy (non-hydrogen) atoms. The van der Waals surface area contributed by atoms with Crippen LogP contribution < -0.4 is 10.1 Å². The van der Waals surface area contributed by atoms with Crippen LogP contribution in [0.3, 0.4) is 0 Å². The molecule has 1 fully saturated rings. The van der Waals surface area contributed by atoms with E-state index in [1.54, 1.807) is 7.11 Å². The van der Waals surface area contributed by atoms with Gasteiger partial charge in [0.15, 0.2) is 0 Å². The number of nitrogens with zero attached hydrogens (tertiary/aromatic N) is 1. The van der Waals surface area contributed by atoms with E-state index in [2.05, 4.69) is 46.5 Å². The van der Waals surface area contributed by atoms with Crippen LogP contribution in [0.4, 0.5) is 0 Å². The highest BCUT2D eigenvalue weighted by atomic mass is 35.5. The lowest BCUT2D eigenvalue weighted by Crippen LogP contribution is -2.32. The molecule has 164 valence electrons. The molecule has 4 aromatic rings. The number of aromatic amines is 1. The van der Waals surface area contributed by atoms with Gasteiger partial charge in [-0.25, -0.2) is 0 Å². The molecule has 2 N–H and O–H groups in total. The lowest BCUT2D eigenvalue weighted by Gasteiger charge is -2.28. The van der Waals surface area contributed by atoms with E-state index in [1.165, 1.54) is 29.5 Å². The van der Waals surface area contributed by atoms with Gasteiger partial charge < -0.3 is 15.0 Å². The van der Waals surface area contributed by atoms with Gasteiger partial charge in [-0.05, 0) is 67.7 Å². The highest BCUT2D eigenvalue weighted by Gasteiger charge is 2.26. The van der Waals surface area contributed by atoms with Crippen LogP contribution in [0.25, 0.3) is 33.2 Å². The number of benzene rings is 2. The van der Waals surface area contributed by atoms with Crippen molar-refractivity contribution in [3.05, 3.63) is 71.6 Å². The Morgan fingerprint density at radius 1 is 1.03 bits per heavy atom. The number of aromatic nitrogens is 2. The second kappa shape index (κ2) is 8.97. The van der Waals surface area contributed by atoms with Gasteiger partial charge in [-0.1, -0.05) is 36.7 Å². The molecular formula is C27H28ClN3O. The average Bonchev–Trinajstić information content (AvgIpc) is 3.22. The topological polar surface area (TPSA) is 49.9 Å². The van der Waals surface area contributed by atoms with Crippen LogP contribution in [-0.4, -0.2) is 30.2 Å². The summed E-state index contributed by atoms with van der Waals surface area (Å²) in [6.07, 6.45) is 6.36. The molecule has 2 unspecified atom stereocenters. The molecule has 4 nitrogen and oxygen atoms in total. The number of methoxy groups -OCH3 is 1. The first-order chi connectivity index (χ1) is 15.6. The Morgan fingerprint density at radius 3 is 2.59 bits per heavy atom. The molecule has 2 aromatic carbocycles. The Morgan fingerprint density at radius 2 is 1.84 bits per heavy atom. The van der Waals surface area contributed by atoms with Crippen LogP contribution in [0, 0.1) is 5.92 Å². The van der Waals surface area contributed by atoms with Gasteiger partial charge in [0.25, 0.3) is 0 Å². The van der Waals surface area contributed by atoms with E-state index >= 15 is 0 Å². The van der Waals surface area contributed by atoms with Crippen LogP contribution in [0.5, 0.6) is 5.75 Å². The van der Waals surface area contributed by atoms with Crippen LogP contribution in [-0.2, 0) is 0 Å². The van der Waals surface area contributed by atoms with Gasteiger partial charge in [0.1, 0.15) is 5.75 Å². The van der Waals surface area contributed by atoms with Crippen molar-refractivity contribution < 1.29 is 4.74 Å². The van der Waals surface area contributed by atoms with E-state index < -0.39 is 0 Å². The maximum atomic E-state index is 6.33. The number of H-pyrrole nitrogens is 1. The minimum atomic E-state index is 0.397. The minimum Gasteiger partial charge on any atom is -0.497 e. The zero-order valence-corrected chi connectivity index (χ0v) is 19.2. The van der Waals surface area contributed by atoms with E-state index in [0.717, 1.165) is 46.1 Å². The SMILES string of the molecule is COc1ccc(-c2cncc(-c3c(C(C)C4CCCNC4)[nH]c4cc(Cl)ccc34)c2)cc1. The lowest BCUT2D eigenvalue weighted by molar-refractivity contribution is 0.332. The van der Waals surface area contributed by atoms with Gasteiger partial charge in [0.05, 0.1) is 7.11 Å². The molecule has 0 amide bonds. The fourth-order valence-corrected chi connectivity index (χ4v) is 5.07. The Balaban J connectivity index is 1.62. The number of pyridine rings is 1. The molecule has 0 aliphatic carbocycles. The molecular weight excluding hydrogens is 418 g/mol. The molecule has 0 spiro atoms. The molecule has 1 saturated heterocycles. The van der Waals surface area contributed by atoms with E-state index in [-0.39, 0.29) is 0 Å². The molecule has 0 bridgehead atoms. The number of rotatable bonds is 5. The zero-order chi connectivity index (χ0) is 22.1. The summed E-state index contributed by atoms with van der Waals surface area (Å²) < 4.78 is 5.31. The Kier molecular flexibility index (Phi) is 5.90. The quantitative estimate of drug-likeness (QED) is 0.361. The summed E-state index contributed by atoms with van der Waals surface area (Å²) in [7, 11) is 1.69. The van der Waals surface area contributed by atoms with Crippen LogP contribution >= 0.6 is 11.6 Å². The third-order valence-corrected chi connectivity index (χ3v) is 6.97. The molecule has 1 aliphatic heterocycles. The molecule has 5 heteroatoms. The lowest BCUT2D eigenvalue weighted by atomic mass is 9.83. The van der Waals surface area contributed by atoms with Gasteiger partial charge in [-0.2, -0.15) is 0 Å². The minimum absolute atomic E-state index is 0.397. The number of hydrogen-bond donors (Lipinski definition) is 2. The summed E-state index contributed by atoms with van der Waals surface area (Å²) in [4.78, 5) is 8.33. The van der Waals surface area contributed by atoms with Crippen molar-refractivity contribution in [2.45, 2.75) is 25.7 Å². The van der Waals surface area contributed by atoms with Crippen molar-refractivity contribution in [2.24, 2.45) is 5.92 Å². The molecule has 0 radical (unpaired) electrons. The largest absolute Gasteiger partial charge is 0.497 e. The number of nitrogens with one attached hydrogen (secondary N) is 2. The van der Waals surface area contributed by atoms with Gasteiger partial charge >= 0.3 is 0 Å². The first-order valence-corrected chi connectivity index (χ1v) is 11.6. The Labute approximate surface area is 194 Å². The summed E-state index contributed by atoms with van der Waals surface area (Å²) in [5.74, 6) is 1.85. The highest BCUT2D eigenvalue weighted by Crippen LogP contribution is 2.41. The average molecular weight is 446 g/mol. The van der Waals surface area contributed by atoms with Crippen molar-refractivity contribution in [3.63, 3.8) is 0 Å². The third-order valence-electron chi connectivity index (χ3n) is 6.74. The molecule has 2 aromatic heterocycles. The molecule has 5 rings (SSSR count). The van der Waals surface area contributed by atoms with Gasteiger partial charge in [0.2, 0.25) is 0 Å². The summed E-state index contributed by atoms with van der Waals surface area (Å²) in [6, 6.07) is 16.5. The third kappa shape index (κ3) is 4.01. The van der Waals surface area contributed by atoms with Crippen molar-refractivity contribution in [1.82, 2.24) is 15.3 Å². The van der Waals surface area contributed by atoms with E-state index in [9.17, 15) is 0 Å². The number of piperidine rings is 1. The van der Waals surface area contributed by atoms with Gasteiger partial charge in [0, 0.05) is 56.6 Å². The van der Waals surface area contributed by atoms with Crippen molar-refractivity contribution in [2.75, 3.05) is 20.2 Å². The maximum Gasteiger partial charge on any atom is 0.118 e. The second-order valence-corrected chi connectivity index (χ2v) is 9.13. The predicted octanol–water partition coefficient (Wildman–Crippen LogP) is 6.66. The van der Waals surface area contributed by atoms with Crippen LogP contribution in [0.1, 0.15) is 31.4 Å².